The van der Waals surface area contributed by atoms with E-state index in [1.54, 1.807) is 28.2 Å². The largest absolute Gasteiger partial charge is 0.324 e. The summed E-state index contributed by atoms with van der Waals surface area (Å²) in [7, 11) is 0. The SMILES string of the molecule is O=C1CC(c2ccc(F)c(F)c2)CN1Cn1ccnc1. The van der Waals surface area contributed by atoms with Crippen molar-refractivity contribution >= 4 is 5.91 Å². The molecule has 20 heavy (non-hydrogen) atoms. The lowest BCUT2D eigenvalue weighted by molar-refractivity contribution is -0.129. The van der Waals surface area contributed by atoms with Gasteiger partial charge in [-0.2, -0.15) is 0 Å². The van der Waals surface area contributed by atoms with Gasteiger partial charge in [0.25, 0.3) is 0 Å². The van der Waals surface area contributed by atoms with Gasteiger partial charge in [-0.1, -0.05) is 6.07 Å². The Balaban J connectivity index is 1.74. The fourth-order valence-electron chi connectivity index (χ4n) is 2.47. The summed E-state index contributed by atoms with van der Waals surface area (Å²) in [6.45, 7) is 0.932. The predicted octanol–water partition coefficient (Wildman–Crippen LogP) is 2.13. The number of carbonyl (C=O) groups is 1. The molecule has 0 bridgehead atoms. The number of carbonyl (C=O) groups excluding carboxylic acids is 1. The van der Waals surface area contributed by atoms with E-state index >= 15 is 0 Å². The minimum atomic E-state index is -0.872. The highest BCUT2D eigenvalue weighted by molar-refractivity contribution is 5.79. The number of amides is 1. The van der Waals surface area contributed by atoms with Crippen molar-refractivity contribution in [3.63, 3.8) is 0 Å². The van der Waals surface area contributed by atoms with Crippen LogP contribution in [-0.4, -0.2) is 26.9 Å². The summed E-state index contributed by atoms with van der Waals surface area (Å²) in [5.41, 5.74) is 0.658. The van der Waals surface area contributed by atoms with Crippen molar-refractivity contribution in [1.82, 2.24) is 14.5 Å². The molecule has 0 saturated carbocycles. The number of likely N-dealkylation sites (tertiary alicyclic amines) is 1. The van der Waals surface area contributed by atoms with Gasteiger partial charge >= 0.3 is 0 Å². The Bertz CT molecular complexity index is 627. The number of hydrogen-bond acceptors (Lipinski definition) is 2. The molecule has 1 amide bonds. The molecule has 2 aromatic rings. The molecule has 1 aliphatic rings. The van der Waals surface area contributed by atoms with Gasteiger partial charge in [-0.15, -0.1) is 0 Å². The fourth-order valence-corrected chi connectivity index (χ4v) is 2.47. The Morgan fingerprint density at radius 1 is 1.30 bits per heavy atom. The van der Waals surface area contributed by atoms with Crippen LogP contribution in [0, 0.1) is 11.6 Å². The summed E-state index contributed by atoms with van der Waals surface area (Å²) in [6, 6.07) is 3.82. The second-order valence-electron chi connectivity index (χ2n) is 4.91. The third-order valence-corrected chi connectivity index (χ3v) is 3.52. The van der Waals surface area contributed by atoms with Gasteiger partial charge in [0.2, 0.25) is 5.91 Å². The first-order valence-corrected chi connectivity index (χ1v) is 6.32. The molecule has 6 heteroatoms. The van der Waals surface area contributed by atoms with Crippen molar-refractivity contribution in [1.29, 1.82) is 0 Å². The summed E-state index contributed by atoms with van der Waals surface area (Å²) in [5, 5.41) is 0. The molecule has 1 aromatic carbocycles. The Hall–Kier alpha value is -2.24. The minimum absolute atomic E-state index is 0.00781. The summed E-state index contributed by atoms with van der Waals surface area (Å²) in [4.78, 5) is 17.6. The lowest BCUT2D eigenvalue weighted by Gasteiger charge is -2.17. The molecule has 0 aliphatic carbocycles. The number of imidazole rings is 1. The summed E-state index contributed by atoms with van der Waals surface area (Å²) in [5.74, 6) is -1.83. The van der Waals surface area contributed by atoms with Gasteiger partial charge in [0.05, 0.1) is 13.0 Å². The topological polar surface area (TPSA) is 38.1 Å². The van der Waals surface area contributed by atoms with Crippen LogP contribution in [0.25, 0.3) is 0 Å². The smallest absolute Gasteiger partial charge is 0.224 e. The van der Waals surface area contributed by atoms with Crippen LogP contribution in [0.4, 0.5) is 8.78 Å². The zero-order valence-corrected chi connectivity index (χ0v) is 10.7. The van der Waals surface area contributed by atoms with Crippen molar-refractivity contribution in [2.45, 2.75) is 19.0 Å². The van der Waals surface area contributed by atoms with E-state index in [2.05, 4.69) is 4.98 Å². The maximum absolute atomic E-state index is 13.2. The Labute approximate surface area is 114 Å². The molecule has 4 nitrogen and oxygen atoms in total. The second-order valence-corrected chi connectivity index (χ2v) is 4.91. The van der Waals surface area contributed by atoms with Crippen LogP contribution in [-0.2, 0) is 11.5 Å². The Morgan fingerprint density at radius 2 is 2.15 bits per heavy atom. The molecular weight excluding hydrogens is 264 g/mol. The van der Waals surface area contributed by atoms with Gasteiger partial charge in [-0.25, -0.2) is 13.8 Å². The molecule has 0 radical (unpaired) electrons. The van der Waals surface area contributed by atoms with E-state index in [-0.39, 0.29) is 11.8 Å². The average molecular weight is 277 g/mol. The standard InChI is InChI=1S/C14H13F2N3O/c15-12-2-1-10(5-13(12)16)11-6-14(20)19(7-11)9-18-4-3-17-8-18/h1-5,8,11H,6-7,9H2. The quantitative estimate of drug-likeness (QED) is 0.862. The minimum Gasteiger partial charge on any atom is -0.324 e. The van der Waals surface area contributed by atoms with Crippen molar-refractivity contribution in [2.75, 3.05) is 6.54 Å². The van der Waals surface area contributed by atoms with Gasteiger partial charge < -0.3 is 9.47 Å². The van der Waals surface area contributed by atoms with Crippen molar-refractivity contribution in [2.24, 2.45) is 0 Å². The van der Waals surface area contributed by atoms with Crippen molar-refractivity contribution in [3.8, 4) is 0 Å². The molecule has 104 valence electrons. The van der Waals surface area contributed by atoms with E-state index in [0.29, 0.717) is 25.2 Å². The van der Waals surface area contributed by atoms with E-state index in [9.17, 15) is 13.6 Å². The molecule has 0 spiro atoms. The molecule has 1 aromatic heterocycles. The molecule has 1 atom stereocenters. The number of aromatic nitrogens is 2. The van der Waals surface area contributed by atoms with Crippen LogP contribution in [0.3, 0.4) is 0 Å². The number of hydrogen-bond donors (Lipinski definition) is 0. The molecule has 1 saturated heterocycles. The first kappa shape index (κ1) is 12.8. The van der Waals surface area contributed by atoms with E-state index < -0.39 is 11.6 Å². The zero-order chi connectivity index (χ0) is 14.1. The van der Waals surface area contributed by atoms with Gasteiger partial charge in [-0.3, -0.25) is 4.79 Å². The lowest BCUT2D eigenvalue weighted by Crippen LogP contribution is -2.27. The van der Waals surface area contributed by atoms with E-state index in [0.717, 1.165) is 6.07 Å². The monoisotopic (exact) mass is 277 g/mol. The molecule has 2 heterocycles. The third-order valence-electron chi connectivity index (χ3n) is 3.52. The Morgan fingerprint density at radius 3 is 2.85 bits per heavy atom. The molecule has 3 rings (SSSR count). The highest BCUT2D eigenvalue weighted by Crippen LogP contribution is 2.29. The van der Waals surface area contributed by atoms with Crippen LogP contribution in [0.5, 0.6) is 0 Å². The van der Waals surface area contributed by atoms with Gasteiger partial charge in [0.1, 0.15) is 0 Å². The normalized spacial score (nSPS) is 18.8. The maximum atomic E-state index is 13.2. The lowest BCUT2D eigenvalue weighted by atomic mass is 9.98. The maximum Gasteiger partial charge on any atom is 0.224 e. The highest BCUT2D eigenvalue weighted by atomic mass is 19.2. The van der Waals surface area contributed by atoms with Crippen LogP contribution in [0.1, 0.15) is 17.9 Å². The van der Waals surface area contributed by atoms with Gasteiger partial charge in [-0.05, 0) is 17.7 Å². The summed E-state index contributed by atoms with van der Waals surface area (Å²) < 4.78 is 28.0. The first-order chi connectivity index (χ1) is 9.63. The number of benzene rings is 1. The van der Waals surface area contributed by atoms with Crippen LogP contribution in [0.15, 0.2) is 36.9 Å². The first-order valence-electron chi connectivity index (χ1n) is 6.32. The number of halogens is 2. The molecule has 0 N–H and O–H groups in total. The van der Waals surface area contributed by atoms with Crippen LogP contribution >= 0.6 is 0 Å². The average Bonchev–Trinajstić information content (AvgIpc) is 3.04. The molecule has 1 fully saturated rings. The Kier molecular flexibility index (Phi) is 3.22. The summed E-state index contributed by atoms with van der Waals surface area (Å²) in [6.07, 6.45) is 5.38. The fraction of sp³-hybridized carbons (Fsp3) is 0.286. The van der Waals surface area contributed by atoms with E-state index in [1.807, 2.05) is 0 Å². The molecule has 1 aliphatic heterocycles. The predicted molar refractivity (Wildman–Crippen MR) is 67.7 cm³/mol. The molecular formula is C14H13F2N3O. The van der Waals surface area contributed by atoms with Crippen molar-refractivity contribution in [3.05, 3.63) is 54.1 Å². The highest BCUT2D eigenvalue weighted by Gasteiger charge is 2.31. The van der Waals surface area contributed by atoms with Crippen LogP contribution in [0.2, 0.25) is 0 Å². The second kappa shape index (κ2) is 5.03. The zero-order valence-electron chi connectivity index (χ0n) is 10.7. The number of nitrogens with zero attached hydrogens (tertiary/aromatic N) is 3. The third kappa shape index (κ3) is 2.41. The van der Waals surface area contributed by atoms with E-state index in [4.69, 9.17) is 0 Å². The molecule has 1 unspecified atom stereocenters. The van der Waals surface area contributed by atoms with Gasteiger partial charge in [0, 0.05) is 31.3 Å². The van der Waals surface area contributed by atoms with E-state index in [1.165, 1.54) is 12.1 Å². The summed E-state index contributed by atoms with van der Waals surface area (Å²) >= 11 is 0. The van der Waals surface area contributed by atoms with Gasteiger partial charge in [0.15, 0.2) is 11.6 Å². The van der Waals surface area contributed by atoms with Crippen LogP contribution < -0.4 is 0 Å². The number of rotatable bonds is 3. The van der Waals surface area contributed by atoms with Crippen molar-refractivity contribution < 1.29 is 13.6 Å².